The lowest BCUT2D eigenvalue weighted by atomic mass is 10.0. The summed E-state index contributed by atoms with van der Waals surface area (Å²) in [6, 6.07) is 16.7. The summed E-state index contributed by atoms with van der Waals surface area (Å²) in [4.78, 5) is 11.9. The van der Waals surface area contributed by atoms with Gasteiger partial charge in [0.2, 0.25) is 0 Å². The molecule has 0 aromatic heterocycles. The first-order chi connectivity index (χ1) is 11.8. The van der Waals surface area contributed by atoms with Gasteiger partial charge in [-0.1, -0.05) is 18.2 Å². The fraction of sp³-hybridized carbons (Fsp3) is 0.316. The van der Waals surface area contributed by atoms with Gasteiger partial charge in [0.15, 0.2) is 0 Å². The molecule has 2 aromatic carbocycles. The Labute approximate surface area is 142 Å². The zero-order valence-electron chi connectivity index (χ0n) is 13.5. The highest BCUT2D eigenvalue weighted by atomic mass is 16.5. The van der Waals surface area contributed by atoms with Crippen molar-refractivity contribution >= 4 is 11.7 Å². The summed E-state index contributed by atoms with van der Waals surface area (Å²) < 4.78 is 11.0. The molecule has 2 amide bonds. The number of anilines is 1. The molecule has 0 radical (unpaired) electrons. The van der Waals surface area contributed by atoms with Crippen molar-refractivity contribution in [3.05, 3.63) is 54.6 Å². The Hall–Kier alpha value is -2.53. The van der Waals surface area contributed by atoms with Gasteiger partial charge >= 0.3 is 6.03 Å². The molecule has 0 spiro atoms. The van der Waals surface area contributed by atoms with E-state index < -0.39 is 0 Å². The maximum atomic E-state index is 11.9. The van der Waals surface area contributed by atoms with Crippen LogP contribution in [0.2, 0.25) is 0 Å². The highest BCUT2D eigenvalue weighted by Crippen LogP contribution is 2.22. The molecule has 0 unspecified atom stereocenters. The smallest absolute Gasteiger partial charge is 0.319 e. The molecule has 0 bridgehead atoms. The second kappa shape index (κ2) is 8.36. The summed E-state index contributed by atoms with van der Waals surface area (Å²) in [6.07, 6.45) is 2.01. The standard InChI is InChI=1S/C19H22N2O3/c22-19(20-14-15-10-12-23-13-11-15)21-16-6-8-18(9-7-16)24-17-4-2-1-3-5-17/h1-9,15H,10-14H2,(H2,20,21,22). The van der Waals surface area contributed by atoms with E-state index in [1.165, 1.54) is 0 Å². The lowest BCUT2D eigenvalue weighted by Crippen LogP contribution is -2.35. The summed E-state index contributed by atoms with van der Waals surface area (Å²) in [7, 11) is 0. The van der Waals surface area contributed by atoms with Crippen LogP contribution < -0.4 is 15.4 Å². The highest BCUT2D eigenvalue weighted by Gasteiger charge is 2.14. The van der Waals surface area contributed by atoms with E-state index in [0.717, 1.165) is 43.2 Å². The molecule has 2 aromatic rings. The third-order valence-corrected chi connectivity index (χ3v) is 3.98. The Morgan fingerprint density at radius 1 is 1.00 bits per heavy atom. The predicted octanol–water partition coefficient (Wildman–Crippen LogP) is 4.03. The van der Waals surface area contributed by atoms with E-state index in [9.17, 15) is 4.79 Å². The number of amides is 2. The minimum atomic E-state index is -0.182. The first kappa shape index (κ1) is 16.3. The van der Waals surface area contributed by atoms with Crippen molar-refractivity contribution in [3.63, 3.8) is 0 Å². The van der Waals surface area contributed by atoms with Gasteiger partial charge in [0, 0.05) is 25.4 Å². The number of hydrogen-bond donors (Lipinski definition) is 2. The largest absolute Gasteiger partial charge is 0.457 e. The number of hydrogen-bond acceptors (Lipinski definition) is 3. The quantitative estimate of drug-likeness (QED) is 0.872. The van der Waals surface area contributed by atoms with Crippen molar-refractivity contribution in [2.75, 3.05) is 25.1 Å². The van der Waals surface area contributed by atoms with Crippen molar-refractivity contribution in [1.82, 2.24) is 5.32 Å². The van der Waals surface area contributed by atoms with E-state index in [0.29, 0.717) is 12.5 Å². The third kappa shape index (κ3) is 4.99. The number of nitrogens with one attached hydrogen (secondary N) is 2. The van der Waals surface area contributed by atoms with Crippen molar-refractivity contribution in [1.29, 1.82) is 0 Å². The second-order valence-corrected chi connectivity index (χ2v) is 5.83. The number of para-hydroxylation sites is 1. The minimum absolute atomic E-state index is 0.182. The van der Waals surface area contributed by atoms with Gasteiger partial charge < -0.3 is 20.1 Å². The van der Waals surface area contributed by atoms with Crippen molar-refractivity contribution in [3.8, 4) is 11.5 Å². The van der Waals surface area contributed by atoms with E-state index in [1.807, 2.05) is 54.6 Å². The van der Waals surface area contributed by atoms with Crippen molar-refractivity contribution < 1.29 is 14.3 Å². The lowest BCUT2D eigenvalue weighted by molar-refractivity contribution is 0.0671. The van der Waals surface area contributed by atoms with E-state index in [4.69, 9.17) is 9.47 Å². The topological polar surface area (TPSA) is 59.6 Å². The van der Waals surface area contributed by atoms with Crippen LogP contribution in [0, 0.1) is 5.92 Å². The molecule has 1 aliphatic heterocycles. The first-order valence-electron chi connectivity index (χ1n) is 8.25. The molecule has 126 valence electrons. The number of ether oxygens (including phenoxy) is 2. The van der Waals surface area contributed by atoms with Gasteiger partial charge in [-0.15, -0.1) is 0 Å². The van der Waals surface area contributed by atoms with Crippen molar-refractivity contribution in [2.45, 2.75) is 12.8 Å². The fourth-order valence-electron chi connectivity index (χ4n) is 2.59. The van der Waals surface area contributed by atoms with Gasteiger partial charge in [-0.3, -0.25) is 0 Å². The summed E-state index contributed by atoms with van der Waals surface area (Å²) in [5.41, 5.74) is 0.736. The van der Waals surface area contributed by atoms with Crippen LogP contribution in [-0.4, -0.2) is 25.8 Å². The Morgan fingerprint density at radius 3 is 2.38 bits per heavy atom. The number of rotatable bonds is 5. The molecule has 24 heavy (non-hydrogen) atoms. The minimum Gasteiger partial charge on any atom is -0.457 e. The van der Waals surface area contributed by atoms with Crippen LogP contribution in [0.3, 0.4) is 0 Å². The Balaban J connectivity index is 1.45. The molecule has 0 aliphatic carbocycles. The van der Waals surface area contributed by atoms with Gasteiger partial charge in [-0.2, -0.15) is 0 Å². The SMILES string of the molecule is O=C(NCC1CCOCC1)Nc1ccc(Oc2ccccc2)cc1. The van der Waals surface area contributed by atoms with Crippen LogP contribution in [0.25, 0.3) is 0 Å². The molecule has 1 heterocycles. The zero-order valence-corrected chi connectivity index (χ0v) is 13.5. The third-order valence-electron chi connectivity index (χ3n) is 3.98. The van der Waals surface area contributed by atoms with E-state index >= 15 is 0 Å². The molecule has 1 aliphatic rings. The van der Waals surface area contributed by atoms with Crippen LogP contribution >= 0.6 is 0 Å². The molecule has 5 heteroatoms. The van der Waals surface area contributed by atoms with Crippen LogP contribution in [0.1, 0.15) is 12.8 Å². The van der Waals surface area contributed by atoms with Gasteiger partial charge in [-0.05, 0) is 55.2 Å². The molecule has 2 N–H and O–H groups in total. The van der Waals surface area contributed by atoms with E-state index in [-0.39, 0.29) is 6.03 Å². The van der Waals surface area contributed by atoms with Gasteiger partial charge in [-0.25, -0.2) is 4.79 Å². The molecular formula is C19H22N2O3. The molecule has 5 nitrogen and oxygen atoms in total. The first-order valence-corrected chi connectivity index (χ1v) is 8.25. The Bertz CT molecular complexity index is 637. The maximum Gasteiger partial charge on any atom is 0.319 e. The molecule has 1 saturated heterocycles. The molecule has 0 saturated carbocycles. The number of carbonyl (C=O) groups excluding carboxylic acids is 1. The molecule has 1 fully saturated rings. The van der Waals surface area contributed by atoms with Crippen LogP contribution in [-0.2, 0) is 4.74 Å². The predicted molar refractivity (Wildman–Crippen MR) is 93.5 cm³/mol. The van der Waals surface area contributed by atoms with Gasteiger partial charge in [0.25, 0.3) is 0 Å². The maximum absolute atomic E-state index is 11.9. The van der Waals surface area contributed by atoms with Crippen LogP contribution in [0.4, 0.5) is 10.5 Å². The molecular weight excluding hydrogens is 304 g/mol. The summed E-state index contributed by atoms with van der Waals surface area (Å²) in [5, 5.41) is 5.75. The lowest BCUT2D eigenvalue weighted by Gasteiger charge is -2.22. The Kier molecular flexibility index (Phi) is 5.69. The van der Waals surface area contributed by atoms with Crippen LogP contribution in [0.5, 0.6) is 11.5 Å². The highest BCUT2D eigenvalue weighted by molar-refractivity contribution is 5.89. The van der Waals surface area contributed by atoms with E-state index in [2.05, 4.69) is 10.6 Å². The van der Waals surface area contributed by atoms with E-state index in [1.54, 1.807) is 0 Å². The fourth-order valence-corrected chi connectivity index (χ4v) is 2.59. The molecule has 3 rings (SSSR count). The van der Waals surface area contributed by atoms with Crippen LogP contribution in [0.15, 0.2) is 54.6 Å². The van der Waals surface area contributed by atoms with Gasteiger partial charge in [0.05, 0.1) is 0 Å². The zero-order chi connectivity index (χ0) is 16.6. The summed E-state index contributed by atoms with van der Waals surface area (Å²) in [5.74, 6) is 2.02. The average molecular weight is 326 g/mol. The summed E-state index contributed by atoms with van der Waals surface area (Å²) in [6.45, 7) is 2.26. The molecule has 0 atom stereocenters. The normalized spacial score (nSPS) is 14.8. The second-order valence-electron chi connectivity index (χ2n) is 5.83. The number of benzene rings is 2. The summed E-state index contributed by atoms with van der Waals surface area (Å²) >= 11 is 0. The monoisotopic (exact) mass is 326 g/mol. The number of carbonyl (C=O) groups is 1. The van der Waals surface area contributed by atoms with Gasteiger partial charge in [0.1, 0.15) is 11.5 Å². The Morgan fingerprint density at radius 2 is 1.67 bits per heavy atom. The van der Waals surface area contributed by atoms with Crippen molar-refractivity contribution in [2.24, 2.45) is 5.92 Å². The average Bonchev–Trinajstić information content (AvgIpc) is 2.63. The number of urea groups is 1.